The normalized spacial score (nSPS) is 16.5. The molecule has 1 aliphatic heterocycles. The van der Waals surface area contributed by atoms with Crippen LogP contribution in [0, 0.1) is 12.8 Å². The number of carboxylic acids is 1. The fourth-order valence-corrected chi connectivity index (χ4v) is 5.17. The monoisotopic (exact) mass is 558 g/mol. The number of likely N-dealkylation sites (tertiary alicyclic amines) is 1. The quantitative estimate of drug-likeness (QED) is 0.296. The van der Waals surface area contributed by atoms with E-state index >= 15 is 0 Å². The van der Waals surface area contributed by atoms with Gasteiger partial charge in [0, 0.05) is 35.8 Å². The minimum Gasteiger partial charge on any atom is -0.481 e. The molecule has 1 amide bonds. The molecule has 1 heterocycles. The maximum atomic E-state index is 13.2. The second-order valence-electron chi connectivity index (χ2n) is 9.94. The molecule has 2 atom stereocenters. The molecule has 0 bridgehead atoms. The minimum absolute atomic E-state index is 0.161. The minimum atomic E-state index is -4.30. The zero-order chi connectivity index (χ0) is 28.2. The van der Waals surface area contributed by atoms with Gasteiger partial charge in [0.1, 0.15) is 0 Å². The zero-order valence-corrected chi connectivity index (χ0v) is 22.2. The number of aliphatic carboxylic acids is 1. The summed E-state index contributed by atoms with van der Waals surface area (Å²) in [6.45, 7) is 2.53. The molecule has 5 nitrogen and oxygen atoms in total. The Bertz CT molecular complexity index is 1330. The zero-order valence-electron chi connectivity index (χ0n) is 21.5. The molecule has 0 aromatic heterocycles. The van der Waals surface area contributed by atoms with Crippen LogP contribution < -0.4 is 5.32 Å². The molecule has 4 rings (SSSR count). The van der Waals surface area contributed by atoms with Gasteiger partial charge in [-0.15, -0.1) is 0 Å². The highest BCUT2D eigenvalue weighted by Crippen LogP contribution is 2.34. The molecular weight excluding hydrogens is 529 g/mol. The summed E-state index contributed by atoms with van der Waals surface area (Å²) < 4.78 is 39.5. The predicted octanol–water partition coefficient (Wildman–Crippen LogP) is 7.75. The van der Waals surface area contributed by atoms with Crippen molar-refractivity contribution in [2.24, 2.45) is 5.92 Å². The number of hydrogen-bond donors (Lipinski definition) is 2. The number of nitrogens with one attached hydrogen (secondary N) is 1. The van der Waals surface area contributed by atoms with Gasteiger partial charge < -0.3 is 15.3 Å². The SMILES string of the molecule is Cc1cc(-c2cccc(Cl)c2)ccc1C(CCC(F)(F)F)Nc1ccc(C(=O)N2CCC[C@@H](C(=O)O)C2)cc1. The van der Waals surface area contributed by atoms with E-state index in [1.54, 1.807) is 35.2 Å². The highest BCUT2D eigenvalue weighted by Gasteiger charge is 2.30. The van der Waals surface area contributed by atoms with Gasteiger partial charge in [0.05, 0.1) is 12.0 Å². The van der Waals surface area contributed by atoms with E-state index in [-0.39, 0.29) is 18.9 Å². The number of hydrogen-bond acceptors (Lipinski definition) is 3. The summed E-state index contributed by atoms with van der Waals surface area (Å²) in [5, 5.41) is 13.1. The van der Waals surface area contributed by atoms with Gasteiger partial charge in [-0.05, 0) is 84.8 Å². The van der Waals surface area contributed by atoms with Crippen LogP contribution in [-0.4, -0.2) is 41.1 Å². The highest BCUT2D eigenvalue weighted by atomic mass is 35.5. The summed E-state index contributed by atoms with van der Waals surface area (Å²) >= 11 is 6.12. The van der Waals surface area contributed by atoms with Gasteiger partial charge in [0.25, 0.3) is 5.91 Å². The van der Waals surface area contributed by atoms with Crippen molar-refractivity contribution in [2.75, 3.05) is 18.4 Å². The summed E-state index contributed by atoms with van der Waals surface area (Å²) in [6, 6.07) is 19.0. The molecule has 1 unspecified atom stereocenters. The van der Waals surface area contributed by atoms with Crippen LogP contribution in [0.5, 0.6) is 0 Å². The summed E-state index contributed by atoms with van der Waals surface area (Å²) in [7, 11) is 0. The van der Waals surface area contributed by atoms with E-state index in [1.165, 1.54) is 0 Å². The van der Waals surface area contributed by atoms with E-state index in [0.29, 0.717) is 35.7 Å². The van der Waals surface area contributed by atoms with E-state index in [0.717, 1.165) is 22.3 Å². The molecule has 3 aromatic carbocycles. The van der Waals surface area contributed by atoms with E-state index < -0.39 is 30.5 Å². The molecule has 3 aromatic rings. The molecule has 9 heteroatoms. The van der Waals surface area contributed by atoms with Crippen molar-refractivity contribution in [1.82, 2.24) is 4.90 Å². The Balaban J connectivity index is 1.52. The fraction of sp³-hybridized carbons (Fsp3) is 0.333. The van der Waals surface area contributed by atoms with E-state index in [9.17, 15) is 27.9 Å². The van der Waals surface area contributed by atoms with Gasteiger partial charge in [0.15, 0.2) is 0 Å². The Morgan fingerprint density at radius 3 is 2.44 bits per heavy atom. The third-order valence-electron chi connectivity index (χ3n) is 7.05. The topological polar surface area (TPSA) is 69.6 Å². The van der Waals surface area contributed by atoms with Crippen LogP contribution in [-0.2, 0) is 4.79 Å². The molecule has 1 aliphatic rings. The number of alkyl halides is 3. The predicted molar refractivity (Wildman–Crippen MR) is 146 cm³/mol. The molecule has 0 spiro atoms. The van der Waals surface area contributed by atoms with Crippen molar-refractivity contribution in [3.05, 3.63) is 88.4 Å². The number of carbonyl (C=O) groups is 2. The molecular formula is C30H30ClF3N2O3. The third kappa shape index (κ3) is 7.53. The number of benzene rings is 3. The Hall–Kier alpha value is -3.52. The van der Waals surface area contributed by atoms with Crippen LogP contribution >= 0.6 is 11.6 Å². The van der Waals surface area contributed by atoms with Crippen LogP contribution in [0.1, 0.15) is 53.2 Å². The standard InChI is InChI=1S/C30H30ClF3N2O3/c1-19-16-22(21-4-2-6-24(31)17-21)9-12-26(19)27(13-14-30(32,33)34)35-25-10-7-20(8-11-25)28(37)36-15-3-5-23(18-36)29(38)39/h2,4,6-12,16-17,23,27,35H,3,5,13-15,18H2,1H3,(H,38,39)/t23-,27?/m1/s1. The van der Waals surface area contributed by atoms with Gasteiger partial charge in [-0.3, -0.25) is 9.59 Å². The van der Waals surface area contributed by atoms with Crippen molar-refractivity contribution in [1.29, 1.82) is 0 Å². The summed E-state index contributed by atoms with van der Waals surface area (Å²) in [4.78, 5) is 25.8. The number of carbonyl (C=O) groups excluding carboxylic acids is 1. The molecule has 0 saturated carbocycles. The molecule has 206 valence electrons. The average molecular weight is 559 g/mol. The van der Waals surface area contributed by atoms with E-state index in [1.807, 2.05) is 43.3 Å². The maximum Gasteiger partial charge on any atom is 0.389 e. The van der Waals surface area contributed by atoms with Crippen molar-refractivity contribution in [2.45, 2.75) is 44.8 Å². The number of aryl methyl sites for hydroxylation is 1. The Morgan fingerprint density at radius 1 is 1.08 bits per heavy atom. The Morgan fingerprint density at radius 2 is 1.79 bits per heavy atom. The number of amides is 1. The number of halogens is 4. The molecule has 0 aliphatic carbocycles. The largest absolute Gasteiger partial charge is 0.481 e. The number of anilines is 1. The lowest BCUT2D eigenvalue weighted by Gasteiger charge is -2.30. The third-order valence-corrected chi connectivity index (χ3v) is 7.29. The van der Waals surface area contributed by atoms with Crippen molar-refractivity contribution >= 4 is 29.2 Å². The van der Waals surface area contributed by atoms with Crippen LogP contribution in [0.4, 0.5) is 18.9 Å². The van der Waals surface area contributed by atoms with Crippen LogP contribution in [0.2, 0.25) is 5.02 Å². The maximum absolute atomic E-state index is 13.2. The van der Waals surface area contributed by atoms with E-state index in [4.69, 9.17) is 11.6 Å². The van der Waals surface area contributed by atoms with Crippen LogP contribution in [0.3, 0.4) is 0 Å². The van der Waals surface area contributed by atoms with E-state index in [2.05, 4.69) is 5.32 Å². The molecule has 39 heavy (non-hydrogen) atoms. The molecule has 1 fully saturated rings. The smallest absolute Gasteiger partial charge is 0.389 e. The van der Waals surface area contributed by atoms with Crippen molar-refractivity contribution < 1.29 is 27.9 Å². The number of rotatable bonds is 8. The average Bonchev–Trinajstić information content (AvgIpc) is 2.90. The first kappa shape index (κ1) is 28.5. The van der Waals surface area contributed by atoms with Gasteiger partial charge in [-0.25, -0.2) is 0 Å². The lowest BCUT2D eigenvalue weighted by atomic mass is 9.93. The second kappa shape index (κ2) is 12.1. The lowest BCUT2D eigenvalue weighted by molar-refractivity contribution is -0.143. The summed E-state index contributed by atoms with van der Waals surface area (Å²) in [5.74, 6) is -1.74. The number of carboxylic acid groups (broad SMARTS) is 1. The van der Waals surface area contributed by atoms with Crippen LogP contribution in [0.15, 0.2) is 66.7 Å². The Kier molecular flexibility index (Phi) is 8.85. The first-order valence-electron chi connectivity index (χ1n) is 12.8. The lowest BCUT2D eigenvalue weighted by Crippen LogP contribution is -2.42. The second-order valence-corrected chi connectivity index (χ2v) is 10.4. The highest BCUT2D eigenvalue weighted by molar-refractivity contribution is 6.30. The number of piperidine rings is 1. The van der Waals surface area contributed by atoms with Gasteiger partial charge >= 0.3 is 12.1 Å². The summed E-state index contributed by atoms with van der Waals surface area (Å²) in [6.07, 6.45) is -4.24. The molecule has 1 saturated heterocycles. The first-order chi connectivity index (χ1) is 18.5. The number of nitrogens with zero attached hydrogens (tertiary/aromatic N) is 1. The van der Waals surface area contributed by atoms with Crippen LogP contribution in [0.25, 0.3) is 11.1 Å². The fourth-order valence-electron chi connectivity index (χ4n) is 4.98. The van der Waals surface area contributed by atoms with Gasteiger partial charge in [0.2, 0.25) is 0 Å². The molecule has 0 radical (unpaired) electrons. The van der Waals surface area contributed by atoms with Gasteiger partial charge in [-0.1, -0.05) is 41.9 Å². The molecule has 2 N–H and O–H groups in total. The Labute approximate surface area is 230 Å². The van der Waals surface area contributed by atoms with Crippen molar-refractivity contribution in [3.8, 4) is 11.1 Å². The van der Waals surface area contributed by atoms with Gasteiger partial charge in [-0.2, -0.15) is 13.2 Å². The summed E-state index contributed by atoms with van der Waals surface area (Å²) in [5.41, 5.74) is 4.41. The van der Waals surface area contributed by atoms with Crippen molar-refractivity contribution in [3.63, 3.8) is 0 Å². The first-order valence-corrected chi connectivity index (χ1v) is 13.2.